The Labute approximate surface area is 115 Å². The zero-order valence-corrected chi connectivity index (χ0v) is 10.8. The minimum absolute atomic E-state index is 0.0172. The Morgan fingerprint density at radius 2 is 1.95 bits per heavy atom. The average Bonchev–Trinajstić information content (AvgIpc) is 3.21. The normalized spacial score (nSPS) is 14.1. The molecule has 0 atom stereocenters. The molecule has 1 aromatic rings. The molecule has 4 nitrogen and oxygen atoms in total. The predicted molar refractivity (Wildman–Crippen MR) is 67.0 cm³/mol. The molecule has 0 radical (unpaired) electrons. The van der Waals surface area contributed by atoms with E-state index in [0.29, 0.717) is 5.56 Å². The average molecular weight is 283 g/mol. The molecule has 20 heavy (non-hydrogen) atoms. The van der Waals surface area contributed by atoms with Crippen LogP contribution in [-0.4, -0.2) is 34.5 Å². The molecule has 0 saturated heterocycles. The molecule has 0 aromatic heterocycles. The van der Waals surface area contributed by atoms with Crippen LogP contribution in [-0.2, 0) is 16.0 Å². The molecule has 1 saturated carbocycles. The van der Waals surface area contributed by atoms with Crippen LogP contribution in [0.25, 0.3) is 0 Å². The Kier molecular flexibility index (Phi) is 4.32. The van der Waals surface area contributed by atoms with E-state index < -0.39 is 17.6 Å². The maximum atomic E-state index is 13.0. The van der Waals surface area contributed by atoms with Gasteiger partial charge in [0.2, 0.25) is 5.91 Å². The van der Waals surface area contributed by atoms with Gasteiger partial charge in [-0.05, 0) is 37.0 Å². The van der Waals surface area contributed by atoms with Crippen molar-refractivity contribution in [1.82, 2.24) is 4.90 Å². The smallest absolute Gasteiger partial charge is 0.323 e. The Balaban J connectivity index is 1.92. The quantitative estimate of drug-likeness (QED) is 0.868. The number of nitrogens with zero attached hydrogens (tertiary/aromatic N) is 1. The maximum absolute atomic E-state index is 13.0. The number of hydrogen-bond acceptors (Lipinski definition) is 2. The fourth-order valence-corrected chi connectivity index (χ4v) is 2.04. The number of rotatable bonds is 6. The molecule has 108 valence electrons. The van der Waals surface area contributed by atoms with E-state index in [4.69, 9.17) is 5.11 Å². The number of aliphatic carboxylic acids is 1. The molecule has 0 bridgehead atoms. The van der Waals surface area contributed by atoms with Crippen molar-refractivity contribution in [2.75, 3.05) is 6.54 Å². The van der Waals surface area contributed by atoms with Crippen molar-refractivity contribution in [3.05, 3.63) is 35.4 Å². The molecule has 1 fully saturated rings. The molecule has 1 aliphatic carbocycles. The van der Waals surface area contributed by atoms with Gasteiger partial charge in [0, 0.05) is 12.5 Å². The molecule has 1 N–H and O–H groups in total. The summed E-state index contributed by atoms with van der Waals surface area (Å²) in [4.78, 5) is 24.0. The molecule has 0 unspecified atom stereocenters. The van der Waals surface area contributed by atoms with Gasteiger partial charge in [0.05, 0.1) is 0 Å². The number of aryl methyl sites for hydroxylation is 1. The molecule has 0 heterocycles. The van der Waals surface area contributed by atoms with Crippen molar-refractivity contribution in [1.29, 1.82) is 0 Å². The van der Waals surface area contributed by atoms with Crippen molar-refractivity contribution in [3.63, 3.8) is 0 Å². The zero-order chi connectivity index (χ0) is 14.7. The summed E-state index contributed by atoms with van der Waals surface area (Å²) < 4.78 is 25.8. The van der Waals surface area contributed by atoms with Gasteiger partial charge < -0.3 is 10.0 Å². The SMILES string of the molecule is O=C(O)CN(C(=O)CCc1ccc(F)c(F)c1)C1CC1. The lowest BCUT2D eigenvalue weighted by atomic mass is 10.1. The lowest BCUT2D eigenvalue weighted by Crippen LogP contribution is -2.37. The molecular formula is C14H15F2NO3. The summed E-state index contributed by atoms with van der Waals surface area (Å²) in [6, 6.07) is 3.51. The van der Waals surface area contributed by atoms with Crippen molar-refractivity contribution in [2.45, 2.75) is 31.7 Å². The van der Waals surface area contributed by atoms with Crippen LogP contribution in [0.3, 0.4) is 0 Å². The van der Waals surface area contributed by atoms with Crippen molar-refractivity contribution >= 4 is 11.9 Å². The van der Waals surface area contributed by atoms with Crippen LogP contribution in [0.1, 0.15) is 24.8 Å². The minimum Gasteiger partial charge on any atom is -0.480 e. The van der Waals surface area contributed by atoms with Gasteiger partial charge in [-0.15, -0.1) is 0 Å². The second kappa shape index (κ2) is 5.98. The second-order valence-electron chi connectivity index (χ2n) is 4.90. The van der Waals surface area contributed by atoms with Crippen molar-refractivity contribution in [2.24, 2.45) is 0 Å². The van der Waals surface area contributed by atoms with E-state index in [1.807, 2.05) is 0 Å². The Bertz CT molecular complexity index is 529. The molecule has 0 spiro atoms. The van der Waals surface area contributed by atoms with Crippen molar-refractivity contribution < 1.29 is 23.5 Å². The Morgan fingerprint density at radius 3 is 2.50 bits per heavy atom. The Morgan fingerprint density at radius 1 is 1.25 bits per heavy atom. The van der Waals surface area contributed by atoms with E-state index >= 15 is 0 Å². The monoisotopic (exact) mass is 283 g/mol. The highest BCUT2D eigenvalue weighted by atomic mass is 19.2. The van der Waals surface area contributed by atoms with Crippen LogP contribution in [0, 0.1) is 11.6 Å². The van der Waals surface area contributed by atoms with Crippen LogP contribution >= 0.6 is 0 Å². The summed E-state index contributed by atoms with van der Waals surface area (Å²) in [5.74, 6) is -3.18. The lowest BCUT2D eigenvalue weighted by Gasteiger charge is -2.20. The second-order valence-corrected chi connectivity index (χ2v) is 4.90. The fraction of sp³-hybridized carbons (Fsp3) is 0.429. The maximum Gasteiger partial charge on any atom is 0.323 e. The van der Waals surface area contributed by atoms with Gasteiger partial charge >= 0.3 is 5.97 Å². The molecule has 0 aliphatic heterocycles. The summed E-state index contributed by atoms with van der Waals surface area (Å²) in [5, 5.41) is 8.78. The van der Waals surface area contributed by atoms with E-state index in [2.05, 4.69) is 0 Å². The van der Waals surface area contributed by atoms with Gasteiger partial charge in [-0.3, -0.25) is 9.59 Å². The van der Waals surface area contributed by atoms with Gasteiger partial charge in [-0.1, -0.05) is 6.07 Å². The molecule has 1 amide bonds. The summed E-state index contributed by atoms with van der Waals surface area (Å²) in [6.07, 6.45) is 2.00. The summed E-state index contributed by atoms with van der Waals surface area (Å²) in [7, 11) is 0. The first kappa shape index (κ1) is 14.4. The van der Waals surface area contributed by atoms with Crippen molar-refractivity contribution in [3.8, 4) is 0 Å². The fourth-order valence-electron chi connectivity index (χ4n) is 2.04. The number of hydrogen-bond donors (Lipinski definition) is 1. The predicted octanol–water partition coefficient (Wildman–Crippen LogP) is 1.97. The molecule has 2 rings (SSSR count). The van der Waals surface area contributed by atoms with Gasteiger partial charge in [-0.2, -0.15) is 0 Å². The highest BCUT2D eigenvalue weighted by molar-refractivity contribution is 5.82. The highest BCUT2D eigenvalue weighted by Gasteiger charge is 2.33. The first-order valence-electron chi connectivity index (χ1n) is 6.42. The molecule has 6 heteroatoms. The number of carbonyl (C=O) groups is 2. The third kappa shape index (κ3) is 3.76. The number of benzene rings is 1. The van der Waals surface area contributed by atoms with Crippen LogP contribution < -0.4 is 0 Å². The van der Waals surface area contributed by atoms with Crippen LogP contribution in [0.5, 0.6) is 0 Å². The largest absolute Gasteiger partial charge is 0.480 e. The first-order chi connectivity index (χ1) is 9.47. The van der Waals surface area contributed by atoms with Crippen LogP contribution in [0.2, 0.25) is 0 Å². The van der Waals surface area contributed by atoms with Crippen LogP contribution in [0.15, 0.2) is 18.2 Å². The molecular weight excluding hydrogens is 268 g/mol. The van der Waals surface area contributed by atoms with E-state index in [1.54, 1.807) is 0 Å². The Hall–Kier alpha value is -1.98. The summed E-state index contributed by atoms with van der Waals surface area (Å²) in [6.45, 7) is -0.304. The number of amides is 1. The third-order valence-corrected chi connectivity index (χ3v) is 3.23. The topological polar surface area (TPSA) is 57.6 Å². The highest BCUT2D eigenvalue weighted by Crippen LogP contribution is 2.27. The zero-order valence-electron chi connectivity index (χ0n) is 10.8. The first-order valence-corrected chi connectivity index (χ1v) is 6.42. The standard InChI is InChI=1S/C14H15F2NO3/c15-11-5-1-9(7-12(11)16)2-6-13(18)17(8-14(19)20)10-3-4-10/h1,5,7,10H,2-4,6,8H2,(H,19,20). The van der Waals surface area contributed by atoms with E-state index in [1.165, 1.54) is 11.0 Å². The van der Waals surface area contributed by atoms with Gasteiger partial charge in [0.25, 0.3) is 0 Å². The number of carboxylic acid groups (broad SMARTS) is 1. The molecule has 1 aromatic carbocycles. The lowest BCUT2D eigenvalue weighted by molar-refractivity contribution is -0.144. The number of carbonyl (C=O) groups excluding carboxylic acids is 1. The third-order valence-electron chi connectivity index (χ3n) is 3.23. The minimum atomic E-state index is -1.04. The number of carboxylic acids is 1. The number of halogens is 2. The van der Waals surface area contributed by atoms with E-state index in [9.17, 15) is 18.4 Å². The summed E-state index contributed by atoms with van der Waals surface area (Å²) >= 11 is 0. The van der Waals surface area contributed by atoms with Gasteiger partial charge in [0.15, 0.2) is 11.6 Å². The van der Waals surface area contributed by atoms with E-state index in [-0.39, 0.29) is 31.3 Å². The molecule has 1 aliphatic rings. The summed E-state index contributed by atoms with van der Waals surface area (Å²) in [5.41, 5.74) is 0.517. The van der Waals surface area contributed by atoms with Crippen LogP contribution in [0.4, 0.5) is 8.78 Å². The van der Waals surface area contributed by atoms with E-state index in [0.717, 1.165) is 25.0 Å². The van der Waals surface area contributed by atoms with Gasteiger partial charge in [-0.25, -0.2) is 8.78 Å². The van der Waals surface area contributed by atoms with Gasteiger partial charge in [0.1, 0.15) is 6.54 Å².